The maximum atomic E-state index is 12.5. The molecule has 1 heterocycles. The average molecular weight is 487 g/mol. The van der Waals surface area contributed by atoms with Gasteiger partial charge in [-0.3, -0.25) is 10.1 Å². The van der Waals surface area contributed by atoms with E-state index in [1.165, 1.54) is 5.69 Å². The molecule has 0 saturated heterocycles. The molecular formula is C27H30N6OS. The van der Waals surface area contributed by atoms with E-state index in [2.05, 4.69) is 54.5 Å². The third kappa shape index (κ3) is 5.33. The number of carbonyl (C=O) groups excluding carboxylic acids is 1. The Labute approximate surface area is 211 Å². The molecule has 0 aliphatic rings. The molecule has 0 aliphatic carbocycles. The third-order valence-corrected chi connectivity index (χ3v) is 6.21. The van der Waals surface area contributed by atoms with Gasteiger partial charge in [0.1, 0.15) is 11.0 Å². The van der Waals surface area contributed by atoms with Crippen molar-refractivity contribution in [1.29, 1.82) is 0 Å². The quantitative estimate of drug-likeness (QED) is 0.359. The van der Waals surface area contributed by atoms with E-state index in [1.54, 1.807) is 10.9 Å². The third-order valence-electron chi connectivity index (χ3n) is 6.01. The summed E-state index contributed by atoms with van der Waals surface area (Å²) in [5.41, 5.74) is 8.04. The minimum absolute atomic E-state index is 0.231. The largest absolute Gasteiger partial charge is 0.372 e. The highest BCUT2D eigenvalue weighted by Crippen LogP contribution is 2.25. The number of hydrogen-bond donors (Lipinski definition) is 2. The molecule has 0 bridgehead atoms. The highest BCUT2D eigenvalue weighted by molar-refractivity contribution is 7.80. The van der Waals surface area contributed by atoms with Crippen LogP contribution in [0.2, 0.25) is 0 Å². The predicted molar refractivity (Wildman–Crippen MR) is 147 cm³/mol. The van der Waals surface area contributed by atoms with E-state index in [0.717, 1.165) is 52.2 Å². The summed E-state index contributed by atoms with van der Waals surface area (Å²) in [4.78, 5) is 16.5. The van der Waals surface area contributed by atoms with Crippen LogP contribution in [0, 0.1) is 20.8 Å². The van der Waals surface area contributed by atoms with Gasteiger partial charge in [-0.2, -0.15) is 4.80 Å². The molecule has 7 nitrogen and oxygen atoms in total. The maximum absolute atomic E-state index is 12.5. The van der Waals surface area contributed by atoms with Crippen molar-refractivity contribution in [2.24, 2.45) is 0 Å². The van der Waals surface area contributed by atoms with E-state index in [0.29, 0.717) is 5.56 Å². The van der Waals surface area contributed by atoms with Gasteiger partial charge in [-0.25, -0.2) is 0 Å². The van der Waals surface area contributed by atoms with Crippen molar-refractivity contribution in [1.82, 2.24) is 20.3 Å². The molecular weight excluding hydrogens is 456 g/mol. The lowest BCUT2D eigenvalue weighted by Gasteiger charge is -2.22. The Balaban J connectivity index is 1.55. The lowest BCUT2D eigenvalue weighted by molar-refractivity contribution is 0.0977. The molecule has 1 amide bonds. The number of hydrogen-bond acceptors (Lipinski definition) is 5. The number of nitrogens with one attached hydrogen (secondary N) is 2. The van der Waals surface area contributed by atoms with Gasteiger partial charge in [0.25, 0.3) is 5.91 Å². The standard InChI is InChI=1S/C27H30N6OS/c1-6-32(7-2)21-11-12-25(19(5)14-21)33-30-23-15-18(4)22(16-24(23)31-33)28-27(35)29-26(34)20-10-8-9-17(3)13-20/h8-16H,6-7H2,1-5H3,(H2,28,29,34,35). The number of rotatable bonds is 6. The first kappa shape index (κ1) is 24.3. The fourth-order valence-corrected chi connectivity index (χ4v) is 4.28. The van der Waals surface area contributed by atoms with Gasteiger partial charge in [0.05, 0.1) is 5.69 Å². The van der Waals surface area contributed by atoms with E-state index in [-0.39, 0.29) is 11.0 Å². The zero-order valence-corrected chi connectivity index (χ0v) is 21.5. The molecule has 180 valence electrons. The number of aryl methyl sites for hydroxylation is 3. The van der Waals surface area contributed by atoms with E-state index in [9.17, 15) is 4.79 Å². The molecule has 35 heavy (non-hydrogen) atoms. The van der Waals surface area contributed by atoms with Crippen LogP contribution in [-0.2, 0) is 0 Å². The maximum Gasteiger partial charge on any atom is 0.257 e. The van der Waals surface area contributed by atoms with Crippen LogP contribution in [0.1, 0.15) is 40.9 Å². The summed E-state index contributed by atoms with van der Waals surface area (Å²) in [6.45, 7) is 12.2. The van der Waals surface area contributed by atoms with Crippen molar-refractivity contribution in [3.63, 3.8) is 0 Å². The molecule has 0 unspecified atom stereocenters. The number of benzene rings is 3. The van der Waals surface area contributed by atoms with Gasteiger partial charge in [-0.15, -0.1) is 10.2 Å². The molecule has 3 aromatic carbocycles. The Kier molecular flexibility index (Phi) is 7.12. The normalized spacial score (nSPS) is 10.9. The van der Waals surface area contributed by atoms with Crippen LogP contribution >= 0.6 is 12.2 Å². The molecule has 4 aromatic rings. The second-order valence-electron chi connectivity index (χ2n) is 8.57. The zero-order valence-electron chi connectivity index (χ0n) is 20.7. The lowest BCUT2D eigenvalue weighted by atomic mass is 10.1. The van der Waals surface area contributed by atoms with Crippen molar-refractivity contribution in [2.75, 3.05) is 23.3 Å². The topological polar surface area (TPSA) is 75.1 Å². The fraction of sp³-hybridized carbons (Fsp3) is 0.259. The first-order valence-electron chi connectivity index (χ1n) is 11.7. The van der Waals surface area contributed by atoms with Crippen LogP contribution in [0.5, 0.6) is 0 Å². The zero-order chi connectivity index (χ0) is 25.1. The highest BCUT2D eigenvalue weighted by atomic mass is 32.1. The van der Waals surface area contributed by atoms with E-state index < -0.39 is 0 Å². The van der Waals surface area contributed by atoms with Crippen LogP contribution in [0.25, 0.3) is 16.7 Å². The summed E-state index contributed by atoms with van der Waals surface area (Å²) in [5, 5.41) is 15.5. The number of nitrogens with zero attached hydrogens (tertiary/aromatic N) is 4. The smallest absolute Gasteiger partial charge is 0.257 e. The molecule has 0 saturated carbocycles. The minimum atomic E-state index is -0.250. The Hall–Kier alpha value is -3.78. The van der Waals surface area contributed by atoms with Gasteiger partial charge in [-0.1, -0.05) is 17.7 Å². The number of carbonyl (C=O) groups is 1. The van der Waals surface area contributed by atoms with Crippen molar-refractivity contribution in [3.8, 4) is 5.69 Å². The van der Waals surface area contributed by atoms with Gasteiger partial charge < -0.3 is 10.2 Å². The van der Waals surface area contributed by atoms with E-state index in [4.69, 9.17) is 22.4 Å². The van der Waals surface area contributed by atoms with Crippen LogP contribution in [0.15, 0.2) is 54.6 Å². The van der Waals surface area contributed by atoms with Crippen LogP contribution < -0.4 is 15.5 Å². The molecule has 0 fully saturated rings. The van der Waals surface area contributed by atoms with Gasteiger partial charge in [0.2, 0.25) is 0 Å². The monoisotopic (exact) mass is 486 g/mol. The highest BCUT2D eigenvalue weighted by Gasteiger charge is 2.13. The van der Waals surface area contributed by atoms with Gasteiger partial charge >= 0.3 is 0 Å². The van der Waals surface area contributed by atoms with Crippen molar-refractivity contribution in [2.45, 2.75) is 34.6 Å². The second kappa shape index (κ2) is 10.2. The Morgan fingerprint density at radius 1 is 0.943 bits per heavy atom. The van der Waals surface area contributed by atoms with Crippen molar-refractivity contribution >= 4 is 45.6 Å². The molecule has 4 rings (SSSR count). The fourth-order valence-electron chi connectivity index (χ4n) is 4.07. The number of thiocarbonyl (C=S) groups is 1. The Morgan fingerprint density at radius 2 is 1.66 bits per heavy atom. The minimum Gasteiger partial charge on any atom is -0.372 e. The van der Waals surface area contributed by atoms with E-state index in [1.807, 2.05) is 44.2 Å². The van der Waals surface area contributed by atoms with Crippen molar-refractivity contribution < 1.29 is 4.79 Å². The van der Waals surface area contributed by atoms with Crippen LogP contribution in [0.3, 0.4) is 0 Å². The first-order chi connectivity index (χ1) is 16.8. The molecule has 2 N–H and O–H groups in total. The number of aromatic nitrogens is 3. The van der Waals surface area contributed by atoms with Crippen LogP contribution in [0.4, 0.5) is 11.4 Å². The number of anilines is 2. The van der Waals surface area contributed by atoms with Crippen LogP contribution in [-0.4, -0.2) is 39.1 Å². The molecule has 8 heteroatoms. The average Bonchev–Trinajstić information content (AvgIpc) is 3.22. The molecule has 0 aliphatic heterocycles. The SMILES string of the molecule is CCN(CC)c1ccc(-n2nc3cc(C)c(NC(=S)NC(=O)c4cccc(C)c4)cc3n2)c(C)c1. The molecule has 1 aromatic heterocycles. The predicted octanol–water partition coefficient (Wildman–Crippen LogP) is 5.32. The first-order valence-corrected chi connectivity index (χ1v) is 12.1. The van der Waals surface area contributed by atoms with Gasteiger partial charge in [-0.05, 0) is 100 Å². The van der Waals surface area contributed by atoms with Gasteiger partial charge in [0, 0.05) is 30.0 Å². The van der Waals surface area contributed by atoms with Crippen molar-refractivity contribution in [3.05, 3.63) is 76.9 Å². The van der Waals surface area contributed by atoms with Gasteiger partial charge in [0.15, 0.2) is 5.11 Å². The second-order valence-corrected chi connectivity index (χ2v) is 8.97. The summed E-state index contributed by atoms with van der Waals surface area (Å²) in [6.07, 6.45) is 0. The molecule has 0 spiro atoms. The Morgan fingerprint density at radius 3 is 2.31 bits per heavy atom. The summed E-state index contributed by atoms with van der Waals surface area (Å²) in [7, 11) is 0. The summed E-state index contributed by atoms with van der Waals surface area (Å²) < 4.78 is 0. The molecule has 0 atom stereocenters. The molecule has 0 radical (unpaired) electrons. The summed E-state index contributed by atoms with van der Waals surface area (Å²) >= 11 is 5.39. The Bertz CT molecular complexity index is 1410. The summed E-state index contributed by atoms with van der Waals surface area (Å²) in [5.74, 6) is -0.250. The summed E-state index contributed by atoms with van der Waals surface area (Å²) in [6, 6.07) is 17.6. The number of fused-ring (bicyclic) bond motifs is 1. The lowest BCUT2D eigenvalue weighted by Crippen LogP contribution is -2.34. The number of amides is 1. The van der Waals surface area contributed by atoms with E-state index >= 15 is 0 Å².